The summed E-state index contributed by atoms with van der Waals surface area (Å²) < 4.78 is 5.76. The molecule has 0 aliphatic heterocycles. The maximum atomic E-state index is 11.3. The molecule has 0 aliphatic carbocycles. The number of unbranched alkanes of at least 4 members (excludes halogenated alkanes) is 1. The summed E-state index contributed by atoms with van der Waals surface area (Å²) in [6, 6.07) is 6.13. The molecule has 1 unspecified atom stereocenters. The number of aliphatic carboxylic acids is 1. The molecule has 1 rings (SSSR count). The fourth-order valence-corrected chi connectivity index (χ4v) is 2.39. The molecule has 0 spiro atoms. The number of hydrogen-bond donors (Lipinski definition) is 2. The van der Waals surface area contributed by atoms with Gasteiger partial charge in [0.05, 0.1) is 6.61 Å². The third-order valence-corrected chi connectivity index (χ3v) is 3.70. The van der Waals surface area contributed by atoms with Gasteiger partial charge in [-0.2, -0.15) is 0 Å². The highest BCUT2D eigenvalue weighted by Crippen LogP contribution is 2.20. The second-order valence-corrected chi connectivity index (χ2v) is 5.74. The fraction of sp³-hybridized carbons (Fsp3) is 0.588. The lowest BCUT2D eigenvalue weighted by molar-refractivity contribution is -0.144. The van der Waals surface area contributed by atoms with Crippen LogP contribution in [0.3, 0.4) is 0 Å². The predicted molar refractivity (Wildman–Crippen MR) is 85.0 cm³/mol. The van der Waals surface area contributed by atoms with Gasteiger partial charge in [0, 0.05) is 0 Å². The highest BCUT2D eigenvalue weighted by atomic mass is 16.5. The van der Waals surface area contributed by atoms with E-state index in [1.165, 1.54) is 5.56 Å². The molecule has 0 heterocycles. The van der Waals surface area contributed by atoms with Gasteiger partial charge in [-0.3, -0.25) is 4.79 Å². The minimum Gasteiger partial charge on any atom is -0.493 e. The normalized spacial score (nSPS) is 13.7. The number of benzene rings is 1. The van der Waals surface area contributed by atoms with E-state index in [0.717, 1.165) is 24.2 Å². The Hall–Kier alpha value is -1.55. The SMILES string of the molecule is CCNC(C)(CCCCOc1ccc(C)cc1C)C(=O)O. The maximum absolute atomic E-state index is 11.3. The van der Waals surface area contributed by atoms with Crippen LogP contribution in [0.15, 0.2) is 18.2 Å². The van der Waals surface area contributed by atoms with Crippen LogP contribution in [0.25, 0.3) is 0 Å². The minimum absolute atomic E-state index is 0.604. The van der Waals surface area contributed by atoms with E-state index in [2.05, 4.69) is 18.3 Å². The van der Waals surface area contributed by atoms with Crippen LogP contribution in [-0.2, 0) is 4.79 Å². The second-order valence-electron chi connectivity index (χ2n) is 5.74. The molecule has 4 nitrogen and oxygen atoms in total. The van der Waals surface area contributed by atoms with Gasteiger partial charge in [0.15, 0.2) is 0 Å². The van der Waals surface area contributed by atoms with Gasteiger partial charge in [0.25, 0.3) is 0 Å². The van der Waals surface area contributed by atoms with Crippen molar-refractivity contribution in [2.45, 2.75) is 52.5 Å². The van der Waals surface area contributed by atoms with E-state index in [9.17, 15) is 9.90 Å². The Morgan fingerprint density at radius 1 is 1.33 bits per heavy atom. The fourth-order valence-electron chi connectivity index (χ4n) is 2.39. The van der Waals surface area contributed by atoms with Crippen LogP contribution in [0.4, 0.5) is 0 Å². The van der Waals surface area contributed by atoms with Gasteiger partial charge < -0.3 is 15.2 Å². The number of aryl methyl sites for hydroxylation is 2. The molecule has 1 aromatic rings. The lowest BCUT2D eigenvalue weighted by atomic mass is 9.95. The molecule has 0 saturated heterocycles. The van der Waals surface area contributed by atoms with E-state index in [1.54, 1.807) is 6.92 Å². The van der Waals surface area contributed by atoms with Crippen molar-refractivity contribution in [3.63, 3.8) is 0 Å². The number of nitrogens with one attached hydrogen (secondary N) is 1. The largest absolute Gasteiger partial charge is 0.493 e. The van der Waals surface area contributed by atoms with Crippen molar-refractivity contribution < 1.29 is 14.6 Å². The van der Waals surface area contributed by atoms with Gasteiger partial charge >= 0.3 is 5.97 Å². The lowest BCUT2D eigenvalue weighted by Crippen LogP contribution is -2.49. The van der Waals surface area contributed by atoms with Crippen molar-refractivity contribution >= 4 is 5.97 Å². The number of carboxylic acid groups (broad SMARTS) is 1. The van der Waals surface area contributed by atoms with Gasteiger partial charge in [-0.25, -0.2) is 0 Å². The van der Waals surface area contributed by atoms with E-state index >= 15 is 0 Å². The molecule has 118 valence electrons. The third kappa shape index (κ3) is 5.38. The summed E-state index contributed by atoms with van der Waals surface area (Å²) in [6.07, 6.45) is 2.27. The van der Waals surface area contributed by atoms with Crippen LogP contribution in [0, 0.1) is 13.8 Å². The molecule has 0 aliphatic rings. The van der Waals surface area contributed by atoms with Crippen LogP contribution in [0.1, 0.15) is 44.2 Å². The van der Waals surface area contributed by atoms with E-state index < -0.39 is 11.5 Å². The molecular weight excluding hydrogens is 266 g/mol. The van der Waals surface area contributed by atoms with Crippen molar-refractivity contribution in [3.8, 4) is 5.75 Å². The van der Waals surface area contributed by atoms with E-state index in [4.69, 9.17) is 4.74 Å². The molecule has 2 N–H and O–H groups in total. The Morgan fingerprint density at radius 3 is 2.62 bits per heavy atom. The predicted octanol–water partition coefficient (Wildman–Crippen LogP) is 3.31. The number of rotatable bonds is 9. The van der Waals surface area contributed by atoms with Crippen molar-refractivity contribution in [1.29, 1.82) is 0 Å². The zero-order chi connectivity index (χ0) is 15.9. The van der Waals surface area contributed by atoms with Gasteiger partial charge in [-0.15, -0.1) is 0 Å². The summed E-state index contributed by atoms with van der Waals surface area (Å²) in [4.78, 5) is 11.3. The Kier molecular flexibility index (Phi) is 6.69. The quantitative estimate of drug-likeness (QED) is 0.686. The van der Waals surface area contributed by atoms with Crippen molar-refractivity contribution in [1.82, 2.24) is 5.32 Å². The van der Waals surface area contributed by atoms with E-state index in [-0.39, 0.29) is 0 Å². The summed E-state index contributed by atoms with van der Waals surface area (Å²) in [5.41, 5.74) is 1.52. The second kappa shape index (κ2) is 8.03. The molecule has 0 saturated carbocycles. The Labute approximate surface area is 127 Å². The molecule has 21 heavy (non-hydrogen) atoms. The lowest BCUT2D eigenvalue weighted by Gasteiger charge is -2.25. The molecular formula is C17H27NO3. The number of carboxylic acids is 1. The van der Waals surface area contributed by atoms with Gasteiger partial charge in [0.2, 0.25) is 0 Å². The summed E-state index contributed by atoms with van der Waals surface area (Å²) in [5.74, 6) is 0.118. The summed E-state index contributed by atoms with van der Waals surface area (Å²) in [7, 11) is 0. The smallest absolute Gasteiger partial charge is 0.323 e. The standard InChI is InChI=1S/C17H27NO3/c1-5-18-17(4,16(19)20)10-6-7-11-21-15-9-8-13(2)12-14(15)3/h8-9,12,18H,5-7,10-11H2,1-4H3,(H,19,20). The number of carbonyl (C=O) groups is 1. The highest BCUT2D eigenvalue weighted by molar-refractivity contribution is 5.78. The molecule has 1 atom stereocenters. The van der Waals surface area contributed by atoms with E-state index in [0.29, 0.717) is 19.6 Å². The van der Waals surface area contributed by atoms with Gasteiger partial charge in [-0.05, 0) is 58.2 Å². The van der Waals surface area contributed by atoms with Gasteiger partial charge in [0.1, 0.15) is 11.3 Å². The molecule has 0 radical (unpaired) electrons. The first-order valence-electron chi connectivity index (χ1n) is 7.57. The zero-order valence-corrected chi connectivity index (χ0v) is 13.5. The first-order chi connectivity index (χ1) is 9.89. The zero-order valence-electron chi connectivity index (χ0n) is 13.5. The Balaban J connectivity index is 2.35. The summed E-state index contributed by atoms with van der Waals surface area (Å²) >= 11 is 0. The van der Waals surface area contributed by atoms with Crippen LogP contribution >= 0.6 is 0 Å². The van der Waals surface area contributed by atoms with Crippen molar-refractivity contribution in [2.24, 2.45) is 0 Å². The highest BCUT2D eigenvalue weighted by Gasteiger charge is 2.30. The first kappa shape index (κ1) is 17.5. The number of likely N-dealkylation sites (N-methyl/N-ethyl adjacent to an activating group) is 1. The first-order valence-corrected chi connectivity index (χ1v) is 7.57. The molecule has 4 heteroatoms. The van der Waals surface area contributed by atoms with Crippen LogP contribution in [0.5, 0.6) is 5.75 Å². The van der Waals surface area contributed by atoms with Gasteiger partial charge in [-0.1, -0.05) is 24.6 Å². The van der Waals surface area contributed by atoms with Crippen LogP contribution < -0.4 is 10.1 Å². The van der Waals surface area contributed by atoms with Crippen LogP contribution in [-0.4, -0.2) is 29.8 Å². The molecule has 0 amide bonds. The molecule has 0 aromatic heterocycles. The van der Waals surface area contributed by atoms with E-state index in [1.807, 2.05) is 26.0 Å². The maximum Gasteiger partial charge on any atom is 0.323 e. The summed E-state index contributed by atoms with van der Waals surface area (Å²) in [6.45, 7) is 9.03. The molecule has 0 bridgehead atoms. The van der Waals surface area contributed by atoms with Crippen molar-refractivity contribution in [2.75, 3.05) is 13.2 Å². The average Bonchev–Trinajstić information content (AvgIpc) is 2.40. The topological polar surface area (TPSA) is 58.6 Å². The summed E-state index contributed by atoms with van der Waals surface area (Å²) in [5, 5.41) is 12.3. The van der Waals surface area contributed by atoms with Crippen molar-refractivity contribution in [3.05, 3.63) is 29.3 Å². The molecule has 0 fully saturated rings. The Morgan fingerprint density at radius 2 is 2.05 bits per heavy atom. The van der Waals surface area contributed by atoms with Crippen LogP contribution in [0.2, 0.25) is 0 Å². The number of ether oxygens (including phenoxy) is 1. The molecule has 1 aromatic carbocycles. The Bertz CT molecular complexity index is 473. The number of hydrogen-bond acceptors (Lipinski definition) is 3. The minimum atomic E-state index is -0.839. The monoisotopic (exact) mass is 293 g/mol. The third-order valence-electron chi connectivity index (χ3n) is 3.70. The average molecular weight is 293 g/mol.